The van der Waals surface area contributed by atoms with Crippen LogP contribution in [0, 0.1) is 5.92 Å². The topological polar surface area (TPSA) is 46.2 Å². The minimum Gasteiger partial charge on any atom is -0.378 e. The van der Waals surface area contributed by atoms with Crippen molar-refractivity contribution in [3.63, 3.8) is 0 Å². The van der Waals surface area contributed by atoms with E-state index in [4.69, 9.17) is 0 Å². The van der Waals surface area contributed by atoms with Crippen LogP contribution < -0.4 is 5.32 Å². The molecule has 2 aromatic carbocycles. The van der Waals surface area contributed by atoms with Crippen molar-refractivity contribution in [2.45, 2.75) is 30.2 Å². The summed E-state index contributed by atoms with van der Waals surface area (Å²) in [4.78, 5) is 0.427. The molecule has 0 saturated heterocycles. The van der Waals surface area contributed by atoms with Gasteiger partial charge in [0.25, 0.3) is 0 Å². The van der Waals surface area contributed by atoms with E-state index in [2.05, 4.69) is 57.7 Å². The molecule has 1 aliphatic carbocycles. The van der Waals surface area contributed by atoms with Gasteiger partial charge < -0.3 is 5.32 Å². The molecular formula is C20H20BrNO2S. The second-order valence-corrected chi connectivity index (χ2v) is 9.87. The first-order valence-corrected chi connectivity index (χ1v) is 11.0. The van der Waals surface area contributed by atoms with Crippen molar-refractivity contribution in [1.29, 1.82) is 0 Å². The highest BCUT2D eigenvalue weighted by molar-refractivity contribution is 9.10. The lowest BCUT2D eigenvalue weighted by Crippen LogP contribution is -2.29. The summed E-state index contributed by atoms with van der Waals surface area (Å²) in [5.74, 6) is 0.801. The van der Waals surface area contributed by atoms with Crippen LogP contribution in [0.5, 0.6) is 0 Å². The summed E-state index contributed by atoms with van der Waals surface area (Å²) in [6.07, 6.45) is 5.46. The standard InChI is InChI=1S/C20H20BrNO2S/c1-2-25(23,24)15-10-11-19-18(12-15)16-4-3-5-17(16)20(22-19)13-6-8-14(21)9-7-13/h3-4,6-12,16-17,20,22H,2,5H2,1H3/t16-,17+,20+/m0/s1. The van der Waals surface area contributed by atoms with Gasteiger partial charge in [-0.3, -0.25) is 0 Å². The van der Waals surface area contributed by atoms with Crippen molar-refractivity contribution in [2.24, 2.45) is 5.92 Å². The zero-order chi connectivity index (χ0) is 17.6. The van der Waals surface area contributed by atoms with Crippen molar-refractivity contribution in [2.75, 3.05) is 11.1 Å². The van der Waals surface area contributed by atoms with Gasteiger partial charge in [-0.2, -0.15) is 0 Å². The number of halogens is 1. The van der Waals surface area contributed by atoms with Crippen LogP contribution in [0.4, 0.5) is 5.69 Å². The molecule has 5 heteroatoms. The van der Waals surface area contributed by atoms with Crippen LogP contribution in [-0.2, 0) is 9.84 Å². The number of anilines is 1. The fourth-order valence-corrected chi connectivity index (χ4v) is 5.11. The summed E-state index contributed by atoms with van der Waals surface area (Å²) in [5, 5.41) is 3.65. The maximum atomic E-state index is 12.3. The summed E-state index contributed by atoms with van der Waals surface area (Å²) in [6, 6.07) is 14.2. The molecule has 25 heavy (non-hydrogen) atoms. The number of fused-ring (bicyclic) bond motifs is 3. The SMILES string of the molecule is CCS(=O)(=O)c1ccc2c(c1)[C@H]1C=CC[C@H]1[C@@H](c1ccc(Br)cc1)N2. The minimum absolute atomic E-state index is 0.130. The fourth-order valence-electron chi connectivity index (χ4n) is 3.93. The highest BCUT2D eigenvalue weighted by atomic mass is 79.9. The van der Waals surface area contributed by atoms with Crippen LogP contribution >= 0.6 is 15.9 Å². The molecule has 3 nitrogen and oxygen atoms in total. The summed E-state index contributed by atoms with van der Waals surface area (Å²) < 4.78 is 25.6. The molecular weight excluding hydrogens is 398 g/mol. The first-order valence-electron chi connectivity index (χ1n) is 8.55. The van der Waals surface area contributed by atoms with Crippen molar-refractivity contribution < 1.29 is 8.42 Å². The van der Waals surface area contributed by atoms with E-state index in [1.54, 1.807) is 13.0 Å². The monoisotopic (exact) mass is 417 g/mol. The average molecular weight is 418 g/mol. The summed E-state index contributed by atoms with van der Waals surface area (Å²) in [5.41, 5.74) is 3.40. The molecule has 2 aliphatic rings. The molecule has 0 amide bonds. The second kappa shape index (κ2) is 6.29. The number of benzene rings is 2. The lowest BCUT2D eigenvalue weighted by molar-refractivity contribution is 0.425. The Balaban J connectivity index is 1.77. The predicted molar refractivity (Wildman–Crippen MR) is 105 cm³/mol. The van der Waals surface area contributed by atoms with Gasteiger partial charge in [0.05, 0.1) is 16.7 Å². The van der Waals surface area contributed by atoms with Gasteiger partial charge in [0.15, 0.2) is 9.84 Å². The third kappa shape index (κ3) is 2.93. The van der Waals surface area contributed by atoms with Crippen LogP contribution in [0.2, 0.25) is 0 Å². The Morgan fingerprint density at radius 3 is 2.64 bits per heavy atom. The number of hydrogen-bond donors (Lipinski definition) is 1. The van der Waals surface area contributed by atoms with E-state index < -0.39 is 9.84 Å². The average Bonchev–Trinajstić information content (AvgIpc) is 3.11. The molecule has 0 spiro atoms. The highest BCUT2D eigenvalue weighted by Gasteiger charge is 2.38. The molecule has 1 heterocycles. The Bertz CT molecular complexity index is 935. The van der Waals surface area contributed by atoms with Crippen molar-refractivity contribution in [3.05, 3.63) is 70.2 Å². The van der Waals surface area contributed by atoms with E-state index in [1.807, 2.05) is 12.1 Å². The Labute approximate surface area is 157 Å². The number of allylic oxidation sites excluding steroid dienone is 2. The first kappa shape index (κ1) is 16.9. The predicted octanol–water partition coefficient (Wildman–Crippen LogP) is 5.07. The van der Waals surface area contributed by atoms with Gasteiger partial charge in [0, 0.05) is 16.1 Å². The molecule has 130 valence electrons. The van der Waals surface area contributed by atoms with Gasteiger partial charge in [-0.05, 0) is 53.8 Å². The number of sulfone groups is 1. The molecule has 1 N–H and O–H groups in total. The fraction of sp³-hybridized carbons (Fsp3) is 0.300. The Morgan fingerprint density at radius 1 is 1.16 bits per heavy atom. The smallest absolute Gasteiger partial charge is 0.178 e. The molecule has 0 saturated carbocycles. The van der Waals surface area contributed by atoms with Gasteiger partial charge >= 0.3 is 0 Å². The molecule has 2 aromatic rings. The molecule has 0 aromatic heterocycles. The normalized spacial score (nSPS) is 24.5. The molecule has 0 unspecified atom stereocenters. The molecule has 0 radical (unpaired) electrons. The van der Waals surface area contributed by atoms with Crippen LogP contribution in [-0.4, -0.2) is 14.2 Å². The molecule has 0 bridgehead atoms. The van der Waals surface area contributed by atoms with Crippen LogP contribution in [0.15, 0.2) is 64.0 Å². The Hall–Kier alpha value is -1.59. The van der Waals surface area contributed by atoms with E-state index in [0.717, 1.165) is 22.1 Å². The van der Waals surface area contributed by atoms with Gasteiger partial charge in [-0.25, -0.2) is 8.42 Å². The van der Waals surface area contributed by atoms with Gasteiger partial charge in [-0.15, -0.1) is 0 Å². The molecule has 0 fully saturated rings. The van der Waals surface area contributed by atoms with E-state index in [9.17, 15) is 8.42 Å². The van der Waals surface area contributed by atoms with Crippen molar-refractivity contribution in [3.8, 4) is 0 Å². The molecule has 1 aliphatic heterocycles. The quantitative estimate of drug-likeness (QED) is 0.708. The van der Waals surface area contributed by atoms with Crippen LogP contribution in [0.1, 0.15) is 36.4 Å². The van der Waals surface area contributed by atoms with Crippen molar-refractivity contribution in [1.82, 2.24) is 0 Å². The van der Waals surface area contributed by atoms with E-state index in [0.29, 0.717) is 10.8 Å². The van der Waals surface area contributed by atoms with Crippen LogP contribution in [0.25, 0.3) is 0 Å². The van der Waals surface area contributed by atoms with Gasteiger partial charge in [-0.1, -0.05) is 47.1 Å². The summed E-state index contributed by atoms with van der Waals surface area (Å²) >= 11 is 3.50. The lowest BCUT2D eigenvalue weighted by Gasteiger charge is -2.37. The van der Waals surface area contributed by atoms with Crippen molar-refractivity contribution >= 4 is 31.5 Å². The Morgan fingerprint density at radius 2 is 1.92 bits per heavy atom. The van der Waals surface area contributed by atoms with Gasteiger partial charge in [0.2, 0.25) is 0 Å². The zero-order valence-electron chi connectivity index (χ0n) is 13.9. The van der Waals surface area contributed by atoms with Gasteiger partial charge in [0.1, 0.15) is 0 Å². The third-order valence-corrected chi connectivity index (χ3v) is 7.56. The maximum Gasteiger partial charge on any atom is 0.178 e. The summed E-state index contributed by atoms with van der Waals surface area (Å²) in [6.45, 7) is 1.69. The summed E-state index contributed by atoms with van der Waals surface area (Å²) in [7, 11) is -3.19. The van der Waals surface area contributed by atoms with Crippen LogP contribution in [0.3, 0.4) is 0 Å². The number of nitrogens with one attached hydrogen (secondary N) is 1. The second-order valence-electron chi connectivity index (χ2n) is 6.68. The molecule has 3 atom stereocenters. The minimum atomic E-state index is -3.19. The van der Waals surface area contributed by atoms with E-state index in [1.165, 1.54) is 5.56 Å². The largest absolute Gasteiger partial charge is 0.378 e. The lowest BCUT2D eigenvalue weighted by atomic mass is 9.77. The van der Waals surface area contributed by atoms with E-state index in [-0.39, 0.29) is 17.7 Å². The van der Waals surface area contributed by atoms with E-state index >= 15 is 0 Å². The first-order chi connectivity index (χ1) is 12.0. The molecule has 4 rings (SSSR count). The maximum absolute atomic E-state index is 12.3. The Kier molecular flexibility index (Phi) is 4.24. The third-order valence-electron chi connectivity index (χ3n) is 5.30. The number of hydrogen-bond acceptors (Lipinski definition) is 3. The zero-order valence-corrected chi connectivity index (χ0v) is 16.3. The number of rotatable bonds is 3. The highest BCUT2D eigenvalue weighted by Crippen LogP contribution is 2.50.